The standard InChI is InChI=1S/C14H15BrN2O3S/c15-13-8-12(10-18)3-4-14(13)21(19,20)17-7-5-11-2-1-6-16-9-11/h1-4,6,8-9,17-18H,5,7,10H2. The van der Waals surface area contributed by atoms with E-state index in [1.807, 2.05) is 12.1 Å². The molecule has 0 unspecified atom stereocenters. The molecule has 0 aliphatic heterocycles. The lowest BCUT2D eigenvalue weighted by Crippen LogP contribution is -2.26. The average molecular weight is 371 g/mol. The van der Waals surface area contributed by atoms with Crippen LogP contribution in [-0.2, 0) is 23.1 Å². The molecule has 0 saturated carbocycles. The lowest BCUT2D eigenvalue weighted by Gasteiger charge is -2.09. The van der Waals surface area contributed by atoms with E-state index in [9.17, 15) is 8.42 Å². The van der Waals surface area contributed by atoms with Gasteiger partial charge in [-0.25, -0.2) is 13.1 Å². The molecule has 0 aliphatic carbocycles. The average Bonchev–Trinajstić information content (AvgIpc) is 2.47. The number of aromatic nitrogens is 1. The predicted octanol–water partition coefficient (Wildman–Crippen LogP) is 1.86. The minimum Gasteiger partial charge on any atom is -0.392 e. The van der Waals surface area contributed by atoms with Crippen LogP contribution in [0.3, 0.4) is 0 Å². The van der Waals surface area contributed by atoms with Gasteiger partial charge in [-0.1, -0.05) is 12.1 Å². The van der Waals surface area contributed by atoms with Gasteiger partial charge < -0.3 is 5.11 Å². The highest BCUT2D eigenvalue weighted by atomic mass is 79.9. The number of pyridine rings is 1. The van der Waals surface area contributed by atoms with Crippen LogP contribution in [0.25, 0.3) is 0 Å². The number of benzene rings is 1. The van der Waals surface area contributed by atoms with Crippen LogP contribution < -0.4 is 4.72 Å². The highest BCUT2D eigenvalue weighted by molar-refractivity contribution is 9.10. The summed E-state index contributed by atoms with van der Waals surface area (Å²) in [5.41, 5.74) is 1.62. The van der Waals surface area contributed by atoms with Crippen molar-refractivity contribution < 1.29 is 13.5 Å². The van der Waals surface area contributed by atoms with Gasteiger partial charge in [-0.2, -0.15) is 0 Å². The van der Waals surface area contributed by atoms with Crippen molar-refractivity contribution in [1.82, 2.24) is 9.71 Å². The van der Waals surface area contributed by atoms with Gasteiger partial charge in [-0.15, -0.1) is 0 Å². The topological polar surface area (TPSA) is 79.3 Å². The molecule has 0 aliphatic rings. The number of hydrogen-bond acceptors (Lipinski definition) is 4. The van der Waals surface area contributed by atoms with Crippen LogP contribution >= 0.6 is 15.9 Å². The van der Waals surface area contributed by atoms with Gasteiger partial charge in [-0.3, -0.25) is 4.98 Å². The third-order valence-corrected chi connectivity index (χ3v) is 5.33. The molecule has 0 spiro atoms. The SMILES string of the molecule is O=S(=O)(NCCc1cccnc1)c1ccc(CO)cc1Br. The Bertz CT molecular complexity index is 705. The zero-order valence-electron chi connectivity index (χ0n) is 11.2. The Labute approximate surface area is 132 Å². The maximum absolute atomic E-state index is 12.2. The van der Waals surface area contributed by atoms with Crippen molar-refractivity contribution in [2.24, 2.45) is 0 Å². The normalized spacial score (nSPS) is 11.5. The Morgan fingerprint density at radius 2 is 2.05 bits per heavy atom. The first-order chi connectivity index (χ1) is 10.0. The lowest BCUT2D eigenvalue weighted by atomic mass is 10.2. The van der Waals surface area contributed by atoms with Gasteiger partial charge in [0.25, 0.3) is 0 Å². The van der Waals surface area contributed by atoms with Crippen LogP contribution in [0.5, 0.6) is 0 Å². The monoisotopic (exact) mass is 370 g/mol. The second-order valence-corrected chi connectivity index (χ2v) is 7.02. The number of aliphatic hydroxyl groups excluding tert-OH is 1. The van der Waals surface area contributed by atoms with Crippen LogP contribution in [0.1, 0.15) is 11.1 Å². The first-order valence-electron chi connectivity index (χ1n) is 6.31. The fraction of sp³-hybridized carbons (Fsp3) is 0.214. The number of hydrogen-bond donors (Lipinski definition) is 2. The number of halogens is 1. The van der Waals surface area contributed by atoms with E-state index in [1.165, 1.54) is 6.07 Å². The summed E-state index contributed by atoms with van der Waals surface area (Å²) in [6, 6.07) is 8.36. The number of rotatable bonds is 6. The van der Waals surface area contributed by atoms with Gasteiger partial charge in [0.2, 0.25) is 10.0 Å². The van der Waals surface area contributed by atoms with Crippen molar-refractivity contribution in [2.45, 2.75) is 17.9 Å². The molecule has 0 radical (unpaired) electrons. The molecular weight excluding hydrogens is 356 g/mol. The number of nitrogens with one attached hydrogen (secondary N) is 1. The molecule has 0 bridgehead atoms. The van der Waals surface area contributed by atoms with Crippen molar-refractivity contribution in [3.8, 4) is 0 Å². The zero-order chi connectivity index (χ0) is 15.3. The largest absolute Gasteiger partial charge is 0.392 e. The van der Waals surface area contributed by atoms with E-state index in [2.05, 4.69) is 25.6 Å². The molecule has 112 valence electrons. The molecule has 2 aromatic rings. The summed E-state index contributed by atoms with van der Waals surface area (Å²) < 4.78 is 27.4. The fourth-order valence-corrected chi connectivity index (χ4v) is 3.97. The van der Waals surface area contributed by atoms with Crippen LogP contribution in [0, 0.1) is 0 Å². The van der Waals surface area contributed by atoms with Crippen molar-refractivity contribution in [2.75, 3.05) is 6.54 Å². The predicted molar refractivity (Wildman–Crippen MR) is 83.2 cm³/mol. The third-order valence-electron chi connectivity index (χ3n) is 2.90. The molecule has 0 saturated heterocycles. The lowest BCUT2D eigenvalue weighted by molar-refractivity contribution is 0.281. The fourth-order valence-electron chi connectivity index (χ4n) is 1.81. The van der Waals surface area contributed by atoms with Crippen molar-refractivity contribution in [3.05, 3.63) is 58.3 Å². The highest BCUT2D eigenvalue weighted by Gasteiger charge is 2.17. The molecule has 0 fully saturated rings. The van der Waals surface area contributed by atoms with E-state index in [-0.39, 0.29) is 11.5 Å². The molecule has 2 rings (SSSR count). The zero-order valence-corrected chi connectivity index (χ0v) is 13.6. The van der Waals surface area contributed by atoms with Crippen LogP contribution in [0.4, 0.5) is 0 Å². The van der Waals surface area contributed by atoms with Crippen molar-refractivity contribution in [1.29, 1.82) is 0 Å². The smallest absolute Gasteiger partial charge is 0.241 e. The maximum atomic E-state index is 12.2. The van der Waals surface area contributed by atoms with E-state index >= 15 is 0 Å². The molecule has 1 aromatic heterocycles. The van der Waals surface area contributed by atoms with E-state index in [0.717, 1.165) is 5.56 Å². The number of sulfonamides is 1. The number of aliphatic hydroxyl groups is 1. The summed E-state index contributed by atoms with van der Waals surface area (Å²) in [4.78, 5) is 4.14. The molecule has 2 N–H and O–H groups in total. The summed E-state index contributed by atoms with van der Waals surface area (Å²) in [5.74, 6) is 0. The van der Waals surface area contributed by atoms with Crippen LogP contribution in [0.2, 0.25) is 0 Å². The Morgan fingerprint density at radius 3 is 2.67 bits per heavy atom. The Balaban J connectivity index is 2.05. The van der Waals surface area contributed by atoms with Gasteiger partial charge in [0, 0.05) is 23.4 Å². The Hall–Kier alpha value is -1.28. The first kappa shape index (κ1) is 16.1. The number of nitrogens with zero attached hydrogens (tertiary/aromatic N) is 1. The molecule has 1 aromatic carbocycles. The van der Waals surface area contributed by atoms with E-state index < -0.39 is 10.0 Å². The first-order valence-corrected chi connectivity index (χ1v) is 8.58. The molecule has 0 atom stereocenters. The van der Waals surface area contributed by atoms with Crippen LogP contribution in [0.15, 0.2) is 52.1 Å². The molecule has 5 nitrogen and oxygen atoms in total. The van der Waals surface area contributed by atoms with Gasteiger partial charge >= 0.3 is 0 Å². The molecule has 1 heterocycles. The summed E-state index contributed by atoms with van der Waals surface area (Å²) in [6.07, 6.45) is 3.95. The molecule has 0 amide bonds. The minimum absolute atomic E-state index is 0.132. The molecular formula is C14H15BrN2O3S. The second kappa shape index (κ2) is 7.13. The Morgan fingerprint density at radius 1 is 1.24 bits per heavy atom. The summed E-state index contributed by atoms with van der Waals surface area (Å²) in [6.45, 7) is 0.162. The summed E-state index contributed by atoms with van der Waals surface area (Å²) in [5, 5.41) is 9.03. The van der Waals surface area contributed by atoms with E-state index in [4.69, 9.17) is 5.11 Å². The Kier molecular flexibility index (Phi) is 5.46. The van der Waals surface area contributed by atoms with Crippen molar-refractivity contribution >= 4 is 26.0 Å². The van der Waals surface area contributed by atoms with Gasteiger partial charge in [-0.05, 0) is 51.7 Å². The quantitative estimate of drug-likeness (QED) is 0.813. The van der Waals surface area contributed by atoms with Gasteiger partial charge in [0.1, 0.15) is 0 Å². The van der Waals surface area contributed by atoms with E-state index in [1.54, 1.807) is 24.5 Å². The summed E-state index contributed by atoms with van der Waals surface area (Å²) in [7, 11) is -3.58. The highest BCUT2D eigenvalue weighted by Crippen LogP contribution is 2.23. The van der Waals surface area contributed by atoms with Gasteiger partial charge in [0.15, 0.2) is 0 Å². The van der Waals surface area contributed by atoms with E-state index in [0.29, 0.717) is 23.0 Å². The van der Waals surface area contributed by atoms with Gasteiger partial charge in [0.05, 0.1) is 11.5 Å². The van der Waals surface area contributed by atoms with Crippen molar-refractivity contribution in [3.63, 3.8) is 0 Å². The molecule has 7 heteroatoms. The molecule has 21 heavy (non-hydrogen) atoms. The summed E-state index contributed by atoms with van der Waals surface area (Å²) >= 11 is 3.22. The second-order valence-electron chi connectivity index (χ2n) is 4.43. The maximum Gasteiger partial charge on any atom is 0.241 e. The minimum atomic E-state index is -3.58. The van der Waals surface area contributed by atoms with Crippen LogP contribution in [-0.4, -0.2) is 25.1 Å². The third kappa shape index (κ3) is 4.34.